The molecule has 1 N–H and O–H groups in total. The quantitative estimate of drug-likeness (QED) is 0.796. The number of aryl methyl sites for hydroxylation is 1. The van der Waals surface area contributed by atoms with Crippen molar-refractivity contribution in [3.63, 3.8) is 0 Å². The van der Waals surface area contributed by atoms with Crippen molar-refractivity contribution in [2.75, 3.05) is 13.6 Å². The highest BCUT2D eigenvalue weighted by Crippen LogP contribution is 2.19. The number of carbonyl (C=O) groups excluding carboxylic acids is 1. The van der Waals surface area contributed by atoms with Crippen molar-refractivity contribution in [3.8, 4) is 5.75 Å². The van der Waals surface area contributed by atoms with Gasteiger partial charge in [0.2, 0.25) is 0 Å². The number of hydrogen-bond acceptors (Lipinski definition) is 3. The molecular weight excluding hydrogens is 257 g/mol. The van der Waals surface area contributed by atoms with Gasteiger partial charge in [0.15, 0.2) is 0 Å². The van der Waals surface area contributed by atoms with E-state index in [-0.39, 0.29) is 23.6 Å². The minimum Gasteiger partial charge on any atom is -0.489 e. The zero-order valence-electron chi connectivity index (χ0n) is 12.7. The summed E-state index contributed by atoms with van der Waals surface area (Å²) in [5, 5.41) is 3.01. The molecule has 0 aromatic heterocycles. The van der Waals surface area contributed by atoms with Crippen molar-refractivity contribution >= 4 is 5.78 Å². The van der Waals surface area contributed by atoms with Crippen LogP contribution in [0, 0.1) is 11.7 Å². The SMILES string of the molecule is CNC[C@@H](C)Oc1cc(F)cc(CCC(=O)C(C)C)c1. The fraction of sp³-hybridized carbons (Fsp3) is 0.562. The van der Waals surface area contributed by atoms with E-state index in [9.17, 15) is 9.18 Å². The van der Waals surface area contributed by atoms with Crippen LogP contribution >= 0.6 is 0 Å². The van der Waals surface area contributed by atoms with Crippen molar-refractivity contribution in [2.45, 2.75) is 39.7 Å². The molecule has 1 atom stereocenters. The minimum atomic E-state index is -0.328. The number of Topliss-reactive ketones (excluding diaryl/α,β-unsaturated/α-hetero) is 1. The van der Waals surface area contributed by atoms with Gasteiger partial charge in [-0.3, -0.25) is 4.79 Å². The molecule has 0 saturated carbocycles. The van der Waals surface area contributed by atoms with Crippen LogP contribution in [0.4, 0.5) is 4.39 Å². The topological polar surface area (TPSA) is 38.3 Å². The van der Waals surface area contributed by atoms with Gasteiger partial charge in [-0.2, -0.15) is 0 Å². The van der Waals surface area contributed by atoms with Gasteiger partial charge in [-0.25, -0.2) is 4.39 Å². The molecule has 4 heteroatoms. The maximum Gasteiger partial charge on any atom is 0.135 e. The highest BCUT2D eigenvalue weighted by molar-refractivity contribution is 5.80. The molecule has 0 aliphatic heterocycles. The summed E-state index contributed by atoms with van der Waals surface area (Å²) in [7, 11) is 1.84. The van der Waals surface area contributed by atoms with Gasteiger partial charge >= 0.3 is 0 Å². The lowest BCUT2D eigenvalue weighted by Gasteiger charge is -2.15. The molecule has 1 aromatic carbocycles. The lowest BCUT2D eigenvalue weighted by Crippen LogP contribution is -2.26. The molecule has 0 aliphatic rings. The second kappa shape index (κ2) is 8.00. The zero-order chi connectivity index (χ0) is 15.1. The third-order valence-corrected chi connectivity index (χ3v) is 3.06. The third-order valence-electron chi connectivity index (χ3n) is 3.06. The number of likely N-dealkylation sites (N-methyl/N-ethyl adjacent to an activating group) is 1. The van der Waals surface area contributed by atoms with Crippen LogP contribution in [0.5, 0.6) is 5.75 Å². The number of rotatable bonds is 8. The Bertz CT molecular complexity index is 446. The van der Waals surface area contributed by atoms with Crippen LogP contribution in [0.2, 0.25) is 0 Å². The predicted molar refractivity (Wildman–Crippen MR) is 78.6 cm³/mol. The van der Waals surface area contributed by atoms with E-state index >= 15 is 0 Å². The second-order valence-electron chi connectivity index (χ2n) is 5.40. The lowest BCUT2D eigenvalue weighted by atomic mass is 10.0. The summed E-state index contributed by atoms with van der Waals surface area (Å²) >= 11 is 0. The van der Waals surface area contributed by atoms with Gasteiger partial charge in [0, 0.05) is 24.9 Å². The van der Waals surface area contributed by atoms with Gasteiger partial charge in [0.05, 0.1) is 0 Å². The Balaban J connectivity index is 2.68. The molecule has 0 spiro atoms. The van der Waals surface area contributed by atoms with E-state index in [1.807, 2.05) is 33.9 Å². The predicted octanol–water partition coefficient (Wildman–Crippen LogP) is 2.97. The molecule has 3 nitrogen and oxygen atoms in total. The number of hydrogen-bond donors (Lipinski definition) is 1. The van der Waals surface area contributed by atoms with E-state index in [0.717, 1.165) is 5.56 Å². The Labute approximate surface area is 120 Å². The van der Waals surface area contributed by atoms with E-state index in [4.69, 9.17) is 4.74 Å². The maximum absolute atomic E-state index is 13.6. The molecule has 0 aliphatic carbocycles. The van der Waals surface area contributed by atoms with E-state index in [1.165, 1.54) is 12.1 Å². The zero-order valence-corrected chi connectivity index (χ0v) is 12.7. The fourth-order valence-corrected chi connectivity index (χ4v) is 1.95. The molecule has 1 rings (SSSR count). The van der Waals surface area contributed by atoms with E-state index in [2.05, 4.69) is 5.32 Å². The Morgan fingerprint density at radius 1 is 1.30 bits per heavy atom. The maximum atomic E-state index is 13.6. The van der Waals surface area contributed by atoms with Gasteiger partial charge in [0.25, 0.3) is 0 Å². The lowest BCUT2D eigenvalue weighted by molar-refractivity contribution is -0.121. The molecule has 1 aromatic rings. The summed E-state index contributed by atoms with van der Waals surface area (Å²) in [5.74, 6) is 0.404. The molecule has 0 amide bonds. The summed E-state index contributed by atoms with van der Waals surface area (Å²) in [4.78, 5) is 11.6. The smallest absolute Gasteiger partial charge is 0.135 e. The number of ketones is 1. The molecule has 112 valence electrons. The van der Waals surface area contributed by atoms with Crippen LogP contribution in [0.1, 0.15) is 32.8 Å². The molecule has 0 fully saturated rings. The largest absolute Gasteiger partial charge is 0.489 e. The molecule has 20 heavy (non-hydrogen) atoms. The molecule has 0 radical (unpaired) electrons. The van der Waals surface area contributed by atoms with Gasteiger partial charge < -0.3 is 10.1 Å². The molecular formula is C16H24FNO2. The summed E-state index contributed by atoms with van der Waals surface area (Å²) in [6.45, 7) is 6.37. The standard InChI is InChI=1S/C16H24FNO2/c1-11(2)16(19)6-5-13-7-14(17)9-15(8-13)20-12(3)10-18-4/h7-9,11-12,18H,5-6,10H2,1-4H3/t12-/m1/s1. The van der Waals surface area contributed by atoms with Crippen LogP contribution in [-0.4, -0.2) is 25.5 Å². The Morgan fingerprint density at radius 2 is 2.00 bits per heavy atom. The normalized spacial score (nSPS) is 12.5. The Morgan fingerprint density at radius 3 is 2.60 bits per heavy atom. The Hall–Kier alpha value is -1.42. The van der Waals surface area contributed by atoms with E-state index in [0.29, 0.717) is 25.1 Å². The van der Waals surface area contributed by atoms with Crippen molar-refractivity contribution in [1.29, 1.82) is 0 Å². The van der Waals surface area contributed by atoms with Crippen molar-refractivity contribution < 1.29 is 13.9 Å². The second-order valence-corrected chi connectivity index (χ2v) is 5.40. The van der Waals surface area contributed by atoms with Gasteiger partial charge in [-0.15, -0.1) is 0 Å². The molecule has 0 unspecified atom stereocenters. The fourth-order valence-electron chi connectivity index (χ4n) is 1.95. The van der Waals surface area contributed by atoms with Crippen molar-refractivity contribution in [1.82, 2.24) is 5.32 Å². The van der Waals surface area contributed by atoms with E-state index < -0.39 is 0 Å². The van der Waals surface area contributed by atoms with Crippen LogP contribution in [0.3, 0.4) is 0 Å². The molecule has 0 bridgehead atoms. The first-order chi connectivity index (χ1) is 9.42. The first kappa shape index (κ1) is 16.6. The van der Waals surface area contributed by atoms with Gasteiger partial charge in [-0.1, -0.05) is 13.8 Å². The van der Waals surface area contributed by atoms with Gasteiger partial charge in [0.1, 0.15) is 23.5 Å². The third kappa shape index (κ3) is 5.70. The first-order valence-electron chi connectivity index (χ1n) is 7.05. The van der Waals surface area contributed by atoms with Crippen LogP contribution < -0.4 is 10.1 Å². The van der Waals surface area contributed by atoms with Crippen LogP contribution in [0.15, 0.2) is 18.2 Å². The van der Waals surface area contributed by atoms with E-state index in [1.54, 1.807) is 0 Å². The summed E-state index contributed by atoms with van der Waals surface area (Å²) in [6, 6.07) is 4.64. The molecule has 0 heterocycles. The van der Waals surface area contributed by atoms with Gasteiger partial charge in [-0.05, 0) is 38.1 Å². The Kier molecular flexibility index (Phi) is 6.65. The first-order valence-corrected chi connectivity index (χ1v) is 7.05. The number of halogens is 1. The summed E-state index contributed by atoms with van der Waals surface area (Å²) in [5.41, 5.74) is 0.797. The highest BCUT2D eigenvalue weighted by Gasteiger charge is 2.10. The number of benzene rings is 1. The average Bonchev–Trinajstić information content (AvgIpc) is 2.35. The van der Waals surface area contributed by atoms with Crippen LogP contribution in [-0.2, 0) is 11.2 Å². The molecule has 0 saturated heterocycles. The average molecular weight is 281 g/mol. The number of ether oxygens (including phenoxy) is 1. The summed E-state index contributed by atoms with van der Waals surface area (Å²) < 4.78 is 19.2. The number of carbonyl (C=O) groups is 1. The monoisotopic (exact) mass is 281 g/mol. The number of nitrogens with one attached hydrogen (secondary N) is 1. The van der Waals surface area contributed by atoms with Crippen molar-refractivity contribution in [2.24, 2.45) is 5.92 Å². The summed E-state index contributed by atoms with van der Waals surface area (Å²) in [6.07, 6.45) is 0.949. The van der Waals surface area contributed by atoms with Crippen molar-refractivity contribution in [3.05, 3.63) is 29.6 Å². The minimum absolute atomic E-state index is 0.0231. The van der Waals surface area contributed by atoms with Crippen LogP contribution in [0.25, 0.3) is 0 Å². The highest BCUT2D eigenvalue weighted by atomic mass is 19.1.